The van der Waals surface area contributed by atoms with E-state index in [4.69, 9.17) is 0 Å². The molecule has 4 N–H and O–H groups in total. The lowest BCUT2D eigenvalue weighted by Gasteiger charge is -2.16. The van der Waals surface area contributed by atoms with Crippen LogP contribution in [-0.4, -0.2) is 30.4 Å². The summed E-state index contributed by atoms with van der Waals surface area (Å²) in [4.78, 5) is 35.0. The second kappa shape index (κ2) is 7.76. The van der Waals surface area contributed by atoms with Crippen LogP contribution in [0, 0.1) is 11.7 Å². The average molecular weight is 336 g/mol. The number of carbonyl (C=O) groups excluding carboxylic acids is 3. The first-order valence-corrected chi connectivity index (χ1v) is 7.86. The minimum absolute atomic E-state index is 0.0391. The second-order valence-electron chi connectivity index (χ2n) is 5.67. The van der Waals surface area contributed by atoms with Gasteiger partial charge in [-0.05, 0) is 44.9 Å². The zero-order valence-corrected chi connectivity index (χ0v) is 13.6. The van der Waals surface area contributed by atoms with Crippen molar-refractivity contribution in [1.82, 2.24) is 10.6 Å². The molecule has 1 aliphatic rings. The van der Waals surface area contributed by atoms with Crippen molar-refractivity contribution >= 4 is 29.2 Å². The Morgan fingerprint density at radius 1 is 1.29 bits per heavy atom. The maximum absolute atomic E-state index is 13.8. The predicted octanol–water partition coefficient (Wildman–Crippen LogP) is 1.82. The highest BCUT2D eigenvalue weighted by Crippen LogP contribution is 2.31. The maximum atomic E-state index is 13.8. The Labute approximate surface area is 139 Å². The summed E-state index contributed by atoms with van der Waals surface area (Å²) in [6.45, 7) is 3.71. The summed E-state index contributed by atoms with van der Waals surface area (Å²) in [5.41, 5.74) is 0.522. The standard InChI is InChI=1S/C16H21FN4O3/c1-3-18-16(24)21-14(22)9(2)19-11-6-7-12(17)13(8-11)20-15(23)10-4-5-10/h6-10,19H,3-5H2,1-2H3,(H,20,23)(H2,18,21,22,24). The van der Waals surface area contributed by atoms with Gasteiger partial charge in [-0.3, -0.25) is 14.9 Å². The highest BCUT2D eigenvalue weighted by atomic mass is 19.1. The molecule has 0 radical (unpaired) electrons. The van der Waals surface area contributed by atoms with Gasteiger partial charge < -0.3 is 16.0 Å². The molecule has 1 aliphatic carbocycles. The highest BCUT2D eigenvalue weighted by molar-refractivity contribution is 5.98. The van der Waals surface area contributed by atoms with Crippen LogP contribution in [0.1, 0.15) is 26.7 Å². The number of carbonyl (C=O) groups is 3. The molecule has 7 nitrogen and oxygen atoms in total. The fourth-order valence-electron chi connectivity index (χ4n) is 2.03. The molecule has 0 saturated heterocycles. The van der Waals surface area contributed by atoms with Crippen molar-refractivity contribution in [1.29, 1.82) is 0 Å². The van der Waals surface area contributed by atoms with Gasteiger partial charge in [0, 0.05) is 18.2 Å². The van der Waals surface area contributed by atoms with Gasteiger partial charge in [-0.15, -0.1) is 0 Å². The van der Waals surface area contributed by atoms with Crippen LogP contribution in [0.4, 0.5) is 20.6 Å². The molecule has 1 aromatic rings. The van der Waals surface area contributed by atoms with Gasteiger partial charge in [0.25, 0.3) is 0 Å². The summed E-state index contributed by atoms with van der Waals surface area (Å²) in [6, 6.07) is 2.79. The quantitative estimate of drug-likeness (QED) is 0.637. The molecular weight excluding hydrogens is 315 g/mol. The predicted molar refractivity (Wildman–Crippen MR) is 88.1 cm³/mol. The van der Waals surface area contributed by atoms with Crippen molar-refractivity contribution in [3.8, 4) is 0 Å². The normalized spacial score (nSPS) is 14.5. The molecule has 1 unspecified atom stereocenters. The molecule has 0 aromatic heterocycles. The van der Waals surface area contributed by atoms with Crippen LogP contribution in [0.3, 0.4) is 0 Å². The minimum Gasteiger partial charge on any atom is -0.374 e. The van der Waals surface area contributed by atoms with Crippen LogP contribution in [0.5, 0.6) is 0 Å². The lowest BCUT2D eigenvalue weighted by atomic mass is 10.2. The van der Waals surface area contributed by atoms with Gasteiger partial charge in [0.1, 0.15) is 11.9 Å². The Morgan fingerprint density at radius 2 is 2.00 bits per heavy atom. The number of urea groups is 1. The van der Waals surface area contributed by atoms with E-state index in [1.165, 1.54) is 18.2 Å². The van der Waals surface area contributed by atoms with Crippen molar-refractivity contribution < 1.29 is 18.8 Å². The van der Waals surface area contributed by atoms with Crippen LogP contribution in [0.2, 0.25) is 0 Å². The third-order valence-corrected chi connectivity index (χ3v) is 3.52. The van der Waals surface area contributed by atoms with Gasteiger partial charge >= 0.3 is 6.03 Å². The monoisotopic (exact) mass is 336 g/mol. The van der Waals surface area contributed by atoms with E-state index in [0.717, 1.165) is 12.8 Å². The Balaban J connectivity index is 1.97. The number of benzene rings is 1. The number of anilines is 2. The number of amides is 4. The SMILES string of the molecule is CCNC(=O)NC(=O)C(C)Nc1ccc(F)c(NC(=O)C2CC2)c1. The van der Waals surface area contributed by atoms with E-state index in [2.05, 4.69) is 21.3 Å². The Bertz CT molecular complexity index is 646. The van der Waals surface area contributed by atoms with E-state index < -0.39 is 23.8 Å². The molecule has 0 aliphatic heterocycles. The number of imide groups is 1. The van der Waals surface area contributed by atoms with Crippen molar-refractivity contribution in [3.05, 3.63) is 24.0 Å². The van der Waals surface area contributed by atoms with E-state index in [-0.39, 0.29) is 17.5 Å². The molecule has 4 amide bonds. The Morgan fingerprint density at radius 3 is 2.62 bits per heavy atom. The third kappa shape index (κ3) is 4.94. The Kier molecular flexibility index (Phi) is 5.73. The molecule has 130 valence electrons. The summed E-state index contributed by atoms with van der Waals surface area (Å²) < 4.78 is 13.8. The van der Waals surface area contributed by atoms with Gasteiger partial charge in [0.15, 0.2) is 0 Å². The van der Waals surface area contributed by atoms with E-state index >= 15 is 0 Å². The fourth-order valence-corrected chi connectivity index (χ4v) is 2.03. The number of halogens is 1. The second-order valence-corrected chi connectivity index (χ2v) is 5.67. The van der Waals surface area contributed by atoms with Crippen LogP contribution >= 0.6 is 0 Å². The minimum atomic E-state index is -0.718. The fraction of sp³-hybridized carbons (Fsp3) is 0.438. The van der Waals surface area contributed by atoms with Crippen molar-refractivity contribution in [2.45, 2.75) is 32.7 Å². The molecule has 0 bridgehead atoms. The molecule has 1 aromatic carbocycles. The largest absolute Gasteiger partial charge is 0.374 e. The molecule has 1 fully saturated rings. The van der Waals surface area contributed by atoms with Crippen LogP contribution in [0.15, 0.2) is 18.2 Å². The van der Waals surface area contributed by atoms with Crippen LogP contribution < -0.4 is 21.3 Å². The molecule has 24 heavy (non-hydrogen) atoms. The zero-order valence-electron chi connectivity index (χ0n) is 13.6. The summed E-state index contributed by atoms with van der Waals surface area (Å²) >= 11 is 0. The molecular formula is C16H21FN4O3. The molecule has 2 rings (SSSR count). The molecule has 0 heterocycles. The van der Waals surface area contributed by atoms with Crippen molar-refractivity contribution in [3.63, 3.8) is 0 Å². The smallest absolute Gasteiger partial charge is 0.321 e. The van der Waals surface area contributed by atoms with Gasteiger partial charge in [0.2, 0.25) is 11.8 Å². The zero-order chi connectivity index (χ0) is 17.7. The maximum Gasteiger partial charge on any atom is 0.321 e. The number of hydrogen-bond acceptors (Lipinski definition) is 4. The molecule has 1 atom stereocenters. The lowest BCUT2D eigenvalue weighted by molar-refractivity contribution is -0.120. The van der Waals surface area contributed by atoms with Gasteiger partial charge in [-0.2, -0.15) is 0 Å². The summed E-state index contributed by atoms with van der Waals surface area (Å²) in [7, 11) is 0. The van der Waals surface area contributed by atoms with Crippen molar-refractivity contribution in [2.24, 2.45) is 5.92 Å². The van der Waals surface area contributed by atoms with Gasteiger partial charge in [-0.1, -0.05) is 0 Å². The first-order valence-electron chi connectivity index (χ1n) is 7.86. The van der Waals surface area contributed by atoms with E-state index in [0.29, 0.717) is 12.2 Å². The first-order chi connectivity index (χ1) is 11.4. The van der Waals surface area contributed by atoms with Crippen LogP contribution in [-0.2, 0) is 9.59 Å². The Hall–Kier alpha value is -2.64. The van der Waals surface area contributed by atoms with Crippen LogP contribution in [0.25, 0.3) is 0 Å². The third-order valence-electron chi connectivity index (χ3n) is 3.52. The summed E-state index contributed by atoms with van der Waals surface area (Å²) in [5, 5.41) is 10.1. The summed E-state index contributed by atoms with van der Waals surface area (Å²) in [5.74, 6) is -1.31. The first kappa shape index (κ1) is 17.7. The molecule has 8 heteroatoms. The lowest BCUT2D eigenvalue weighted by Crippen LogP contribution is -2.45. The number of hydrogen-bond donors (Lipinski definition) is 4. The van der Waals surface area contributed by atoms with Gasteiger partial charge in [0.05, 0.1) is 5.69 Å². The summed E-state index contributed by atoms with van der Waals surface area (Å²) in [6.07, 6.45) is 1.64. The van der Waals surface area contributed by atoms with Crippen molar-refractivity contribution in [2.75, 3.05) is 17.2 Å². The molecule has 0 spiro atoms. The van der Waals surface area contributed by atoms with E-state index in [1.807, 2.05) is 0 Å². The highest BCUT2D eigenvalue weighted by Gasteiger charge is 2.30. The average Bonchev–Trinajstić information content (AvgIpc) is 3.35. The van der Waals surface area contributed by atoms with E-state index in [9.17, 15) is 18.8 Å². The number of rotatable bonds is 6. The van der Waals surface area contributed by atoms with Gasteiger partial charge in [-0.25, -0.2) is 9.18 Å². The topological polar surface area (TPSA) is 99.3 Å². The number of nitrogens with one attached hydrogen (secondary N) is 4. The van der Waals surface area contributed by atoms with E-state index in [1.54, 1.807) is 13.8 Å². The molecule has 1 saturated carbocycles.